The van der Waals surface area contributed by atoms with E-state index in [0.717, 1.165) is 39.0 Å². The Kier molecular flexibility index (Phi) is 3.37. The van der Waals surface area contributed by atoms with E-state index in [1.165, 1.54) is 11.3 Å². The molecule has 0 saturated carbocycles. The van der Waals surface area contributed by atoms with Gasteiger partial charge in [-0.05, 0) is 37.0 Å². The van der Waals surface area contributed by atoms with Gasteiger partial charge in [-0.1, -0.05) is 0 Å². The molecule has 22 heavy (non-hydrogen) atoms. The molecule has 4 rings (SSSR count). The zero-order chi connectivity index (χ0) is 15.0. The minimum absolute atomic E-state index is 0.0687. The summed E-state index contributed by atoms with van der Waals surface area (Å²) in [5.74, 6) is 0.499. The molecule has 2 aliphatic rings. The third-order valence-corrected chi connectivity index (χ3v) is 5.09. The number of nitrogens with zero attached hydrogens (tertiary/aromatic N) is 4. The first kappa shape index (κ1) is 13.8. The summed E-state index contributed by atoms with van der Waals surface area (Å²) in [5.41, 5.74) is 2.60. The zero-order valence-electron chi connectivity index (χ0n) is 13.0. The number of hydrogen-bond acceptors (Lipinski definition) is 4. The molecule has 0 aromatic carbocycles. The molecule has 5 nitrogen and oxygen atoms in total. The summed E-state index contributed by atoms with van der Waals surface area (Å²) in [6.07, 6.45) is 11.2. The summed E-state index contributed by atoms with van der Waals surface area (Å²) in [5, 5.41) is 4.29. The van der Waals surface area contributed by atoms with Gasteiger partial charge in [-0.25, -0.2) is 0 Å². The summed E-state index contributed by atoms with van der Waals surface area (Å²) >= 11 is 0. The topological polar surface area (TPSA) is 43.2 Å². The van der Waals surface area contributed by atoms with Gasteiger partial charge in [0.25, 0.3) is 0 Å². The Bertz CT molecular complexity index is 631. The van der Waals surface area contributed by atoms with Crippen molar-refractivity contribution in [2.75, 3.05) is 24.6 Å². The van der Waals surface area contributed by atoms with E-state index in [2.05, 4.69) is 27.2 Å². The summed E-state index contributed by atoms with van der Waals surface area (Å²) in [6.45, 7) is 2.93. The normalized spacial score (nSPS) is 24.0. The quantitative estimate of drug-likeness (QED) is 0.853. The van der Waals surface area contributed by atoms with E-state index >= 15 is 0 Å². The van der Waals surface area contributed by atoms with Gasteiger partial charge < -0.3 is 9.64 Å². The van der Waals surface area contributed by atoms with Gasteiger partial charge in [0.15, 0.2) is 0 Å². The van der Waals surface area contributed by atoms with Crippen LogP contribution < -0.4 is 4.90 Å². The molecule has 5 heteroatoms. The van der Waals surface area contributed by atoms with Crippen molar-refractivity contribution >= 4 is 5.69 Å². The van der Waals surface area contributed by atoms with Crippen LogP contribution in [0.15, 0.2) is 36.9 Å². The molecule has 2 aliphatic heterocycles. The standard InChI is InChI=1S/C17H22N4O/c1-20-12-15(10-19-20)14-9-17(22-13-14)4-7-21(8-5-17)16-3-2-6-18-11-16/h2-3,6,10-12,14H,4-5,7-9,13H2,1H3. The molecule has 2 aromatic rings. The highest BCUT2D eigenvalue weighted by atomic mass is 16.5. The molecular weight excluding hydrogens is 276 g/mol. The number of pyridine rings is 1. The van der Waals surface area contributed by atoms with Gasteiger partial charge in [-0.3, -0.25) is 9.67 Å². The van der Waals surface area contributed by atoms with Crippen LogP contribution in [0, 0.1) is 0 Å². The fourth-order valence-electron chi connectivity index (χ4n) is 3.77. The number of aromatic nitrogens is 3. The van der Waals surface area contributed by atoms with Gasteiger partial charge in [0.2, 0.25) is 0 Å². The third-order valence-electron chi connectivity index (χ3n) is 5.09. The third kappa shape index (κ3) is 2.50. The lowest BCUT2D eigenvalue weighted by Gasteiger charge is -2.39. The fourth-order valence-corrected chi connectivity index (χ4v) is 3.77. The first-order valence-corrected chi connectivity index (χ1v) is 8.02. The Labute approximate surface area is 130 Å². The van der Waals surface area contributed by atoms with Crippen LogP contribution in [0.2, 0.25) is 0 Å². The van der Waals surface area contributed by atoms with Crippen LogP contribution in [-0.4, -0.2) is 40.1 Å². The van der Waals surface area contributed by atoms with Gasteiger partial charge in [-0.15, -0.1) is 0 Å². The van der Waals surface area contributed by atoms with Crippen molar-refractivity contribution in [2.45, 2.75) is 30.8 Å². The summed E-state index contributed by atoms with van der Waals surface area (Å²) in [7, 11) is 1.97. The van der Waals surface area contributed by atoms with Gasteiger partial charge in [-0.2, -0.15) is 5.10 Å². The zero-order valence-corrected chi connectivity index (χ0v) is 13.0. The van der Waals surface area contributed by atoms with Crippen molar-refractivity contribution in [1.82, 2.24) is 14.8 Å². The van der Waals surface area contributed by atoms with E-state index in [1.807, 2.05) is 36.4 Å². The van der Waals surface area contributed by atoms with Crippen molar-refractivity contribution in [3.63, 3.8) is 0 Å². The molecule has 0 bridgehead atoms. The number of hydrogen-bond donors (Lipinski definition) is 0. The first-order chi connectivity index (χ1) is 10.7. The van der Waals surface area contributed by atoms with Crippen LogP contribution in [0.3, 0.4) is 0 Å². The smallest absolute Gasteiger partial charge is 0.0723 e. The lowest BCUT2D eigenvalue weighted by Crippen LogP contribution is -2.44. The predicted molar refractivity (Wildman–Crippen MR) is 84.9 cm³/mol. The van der Waals surface area contributed by atoms with Crippen LogP contribution in [0.25, 0.3) is 0 Å². The van der Waals surface area contributed by atoms with E-state index in [1.54, 1.807) is 0 Å². The molecular formula is C17H22N4O. The van der Waals surface area contributed by atoms with E-state index in [0.29, 0.717) is 5.92 Å². The maximum atomic E-state index is 6.26. The number of anilines is 1. The minimum atomic E-state index is 0.0687. The number of rotatable bonds is 2. The van der Waals surface area contributed by atoms with Gasteiger partial charge >= 0.3 is 0 Å². The van der Waals surface area contributed by atoms with Crippen molar-refractivity contribution in [2.24, 2.45) is 7.05 Å². The van der Waals surface area contributed by atoms with E-state index in [9.17, 15) is 0 Å². The Morgan fingerprint density at radius 3 is 2.82 bits per heavy atom. The van der Waals surface area contributed by atoms with Crippen LogP contribution in [0.5, 0.6) is 0 Å². The Morgan fingerprint density at radius 2 is 2.14 bits per heavy atom. The molecule has 1 atom stereocenters. The minimum Gasteiger partial charge on any atom is -0.374 e. The molecule has 1 spiro atoms. The van der Waals surface area contributed by atoms with Crippen molar-refractivity contribution in [3.05, 3.63) is 42.5 Å². The van der Waals surface area contributed by atoms with Crippen LogP contribution in [-0.2, 0) is 11.8 Å². The second kappa shape index (κ2) is 5.39. The highest BCUT2D eigenvalue weighted by Gasteiger charge is 2.43. The van der Waals surface area contributed by atoms with Gasteiger partial charge in [0.05, 0.1) is 30.3 Å². The summed E-state index contributed by atoms with van der Waals surface area (Å²) < 4.78 is 8.14. The van der Waals surface area contributed by atoms with E-state index in [4.69, 9.17) is 4.74 Å². The van der Waals surface area contributed by atoms with E-state index in [-0.39, 0.29) is 5.60 Å². The van der Waals surface area contributed by atoms with Crippen LogP contribution >= 0.6 is 0 Å². The fraction of sp³-hybridized carbons (Fsp3) is 0.529. The Morgan fingerprint density at radius 1 is 1.27 bits per heavy atom. The summed E-state index contributed by atoms with van der Waals surface area (Å²) in [6, 6.07) is 4.14. The number of aryl methyl sites for hydroxylation is 1. The highest BCUT2D eigenvalue weighted by molar-refractivity contribution is 5.44. The molecule has 2 aromatic heterocycles. The molecule has 0 aliphatic carbocycles. The molecule has 2 saturated heterocycles. The second-order valence-corrected chi connectivity index (χ2v) is 6.54. The average Bonchev–Trinajstić information content (AvgIpc) is 3.16. The average molecular weight is 298 g/mol. The van der Waals surface area contributed by atoms with Crippen molar-refractivity contribution in [3.8, 4) is 0 Å². The molecule has 2 fully saturated rings. The van der Waals surface area contributed by atoms with Crippen molar-refractivity contribution in [1.29, 1.82) is 0 Å². The maximum absolute atomic E-state index is 6.26. The summed E-state index contributed by atoms with van der Waals surface area (Å²) in [4.78, 5) is 6.64. The van der Waals surface area contributed by atoms with Gasteiger partial charge in [0, 0.05) is 38.4 Å². The molecule has 0 N–H and O–H groups in total. The van der Waals surface area contributed by atoms with Crippen LogP contribution in [0.4, 0.5) is 5.69 Å². The number of ether oxygens (including phenoxy) is 1. The lowest BCUT2D eigenvalue weighted by molar-refractivity contribution is -0.0148. The highest BCUT2D eigenvalue weighted by Crippen LogP contribution is 2.43. The monoisotopic (exact) mass is 298 g/mol. The molecule has 0 radical (unpaired) electrons. The van der Waals surface area contributed by atoms with Crippen LogP contribution in [0.1, 0.15) is 30.7 Å². The lowest BCUT2D eigenvalue weighted by atomic mass is 9.84. The predicted octanol–water partition coefficient (Wildman–Crippen LogP) is 2.36. The molecule has 0 amide bonds. The largest absolute Gasteiger partial charge is 0.374 e. The first-order valence-electron chi connectivity index (χ1n) is 8.02. The van der Waals surface area contributed by atoms with Gasteiger partial charge in [0.1, 0.15) is 0 Å². The number of piperidine rings is 1. The Balaban J connectivity index is 1.41. The van der Waals surface area contributed by atoms with Crippen molar-refractivity contribution < 1.29 is 4.74 Å². The maximum Gasteiger partial charge on any atom is 0.0723 e. The van der Waals surface area contributed by atoms with E-state index < -0.39 is 0 Å². The SMILES string of the molecule is Cn1cc(C2COC3(CCN(c4cccnc4)CC3)C2)cn1. The second-order valence-electron chi connectivity index (χ2n) is 6.54. The Hall–Kier alpha value is -1.88. The molecule has 1 unspecified atom stereocenters. The molecule has 4 heterocycles. The molecule has 116 valence electrons.